The molecule has 10 heteroatoms. The number of likely N-dealkylation sites (N-methyl/N-ethyl adjacent to an activating group) is 1. The van der Waals surface area contributed by atoms with Crippen molar-refractivity contribution in [2.45, 2.75) is 26.4 Å². The van der Waals surface area contributed by atoms with Crippen molar-refractivity contribution in [1.82, 2.24) is 10.2 Å². The van der Waals surface area contributed by atoms with Crippen LogP contribution in [0.15, 0.2) is 42.5 Å². The van der Waals surface area contributed by atoms with Crippen LogP contribution in [0.3, 0.4) is 0 Å². The molecule has 0 bridgehead atoms. The van der Waals surface area contributed by atoms with Gasteiger partial charge in [0.15, 0.2) is 0 Å². The van der Waals surface area contributed by atoms with Crippen LogP contribution in [0.5, 0.6) is 11.5 Å². The largest absolute Gasteiger partial charge is 0.497 e. The number of nitrogens with zero attached hydrogens (tertiary/aromatic N) is 2. The van der Waals surface area contributed by atoms with Gasteiger partial charge < -0.3 is 19.7 Å². The second-order valence-corrected chi connectivity index (χ2v) is 9.51. The Kier molecular flexibility index (Phi) is 8.69. The van der Waals surface area contributed by atoms with Crippen LogP contribution >= 0.6 is 0 Å². The highest BCUT2D eigenvalue weighted by Gasteiger charge is 2.31. The number of amides is 2. The van der Waals surface area contributed by atoms with Gasteiger partial charge in [-0.3, -0.25) is 13.9 Å². The fourth-order valence-corrected chi connectivity index (χ4v) is 4.12. The fourth-order valence-electron chi connectivity index (χ4n) is 3.27. The van der Waals surface area contributed by atoms with E-state index in [-0.39, 0.29) is 23.9 Å². The molecule has 9 nitrogen and oxygen atoms in total. The lowest BCUT2D eigenvalue weighted by molar-refractivity contribution is -0.139. The number of methoxy groups -OCH3 is 2. The summed E-state index contributed by atoms with van der Waals surface area (Å²) in [6.45, 7) is 3.19. The van der Waals surface area contributed by atoms with Crippen LogP contribution in [-0.2, 0) is 26.2 Å². The number of anilines is 1. The highest BCUT2D eigenvalue weighted by Crippen LogP contribution is 2.33. The molecular formula is C23H31N3O6S. The molecule has 1 N–H and O–H groups in total. The first kappa shape index (κ1) is 26.0. The smallest absolute Gasteiger partial charge is 0.244 e. The van der Waals surface area contributed by atoms with E-state index in [1.165, 1.54) is 38.3 Å². The van der Waals surface area contributed by atoms with E-state index in [1.54, 1.807) is 13.0 Å². The number of ether oxygens (including phenoxy) is 2. The number of hydrogen-bond donors (Lipinski definition) is 1. The summed E-state index contributed by atoms with van der Waals surface area (Å²) in [5.74, 6) is -0.181. The average molecular weight is 478 g/mol. The van der Waals surface area contributed by atoms with E-state index in [0.29, 0.717) is 5.75 Å². The van der Waals surface area contributed by atoms with Gasteiger partial charge in [-0.1, -0.05) is 29.8 Å². The van der Waals surface area contributed by atoms with E-state index in [2.05, 4.69) is 5.32 Å². The summed E-state index contributed by atoms with van der Waals surface area (Å²) >= 11 is 0. The predicted octanol–water partition coefficient (Wildman–Crippen LogP) is 1.94. The zero-order valence-electron chi connectivity index (χ0n) is 19.8. The molecule has 0 aliphatic carbocycles. The van der Waals surface area contributed by atoms with Crippen LogP contribution in [0.25, 0.3) is 0 Å². The zero-order chi connectivity index (χ0) is 24.8. The summed E-state index contributed by atoms with van der Waals surface area (Å²) < 4.78 is 36.8. The summed E-state index contributed by atoms with van der Waals surface area (Å²) in [6.07, 6.45) is 1.01. The average Bonchev–Trinajstić information content (AvgIpc) is 2.79. The van der Waals surface area contributed by atoms with Gasteiger partial charge >= 0.3 is 0 Å². The van der Waals surface area contributed by atoms with Crippen LogP contribution in [0.1, 0.15) is 18.1 Å². The Morgan fingerprint density at radius 1 is 1.06 bits per heavy atom. The normalized spacial score (nSPS) is 11.9. The first-order valence-corrected chi connectivity index (χ1v) is 12.1. The van der Waals surface area contributed by atoms with Crippen molar-refractivity contribution in [3.05, 3.63) is 53.6 Å². The molecule has 0 fully saturated rings. The number of sulfonamides is 1. The summed E-state index contributed by atoms with van der Waals surface area (Å²) in [5.41, 5.74) is 2.07. The third-order valence-electron chi connectivity index (χ3n) is 5.22. The number of nitrogens with one attached hydrogen (secondary N) is 1. The van der Waals surface area contributed by atoms with Gasteiger partial charge in [-0.25, -0.2) is 8.42 Å². The number of carbonyl (C=O) groups excluding carboxylic acids is 2. The molecule has 0 aliphatic rings. The minimum Gasteiger partial charge on any atom is -0.497 e. The van der Waals surface area contributed by atoms with Crippen molar-refractivity contribution in [1.29, 1.82) is 0 Å². The Labute approximate surface area is 195 Å². The summed E-state index contributed by atoms with van der Waals surface area (Å²) in [4.78, 5) is 27.1. The van der Waals surface area contributed by atoms with Crippen molar-refractivity contribution in [2.24, 2.45) is 0 Å². The van der Waals surface area contributed by atoms with Crippen LogP contribution < -0.4 is 19.1 Å². The summed E-state index contributed by atoms with van der Waals surface area (Å²) in [6, 6.07) is 11.4. The molecule has 0 aromatic heterocycles. The molecule has 0 spiro atoms. The first-order valence-electron chi connectivity index (χ1n) is 10.3. The van der Waals surface area contributed by atoms with Crippen LogP contribution in [0, 0.1) is 6.92 Å². The third-order valence-corrected chi connectivity index (χ3v) is 6.35. The van der Waals surface area contributed by atoms with Gasteiger partial charge in [-0.2, -0.15) is 0 Å². The van der Waals surface area contributed by atoms with E-state index in [4.69, 9.17) is 9.47 Å². The third kappa shape index (κ3) is 6.61. The minimum absolute atomic E-state index is 0.144. The number of aryl methyl sites for hydroxylation is 1. The summed E-state index contributed by atoms with van der Waals surface area (Å²) in [7, 11) is 0.503. The van der Waals surface area contributed by atoms with Gasteiger partial charge in [0, 0.05) is 19.7 Å². The lowest BCUT2D eigenvalue weighted by atomic mass is 10.1. The van der Waals surface area contributed by atoms with E-state index in [9.17, 15) is 18.0 Å². The summed E-state index contributed by atoms with van der Waals surface area (Å²) in [5, 5.41) is 2.54. The Hall–Kier alpha value is -3.27. The molecular weight excluding hydrogens is 446 g/mol. The fraction of sp³-hybridized carbons (Fsp3) is 0.391. The topological polar surface area (TPSA) is 105 Å². The second-order valence-electron chi connectivity index (χ2n) is 7.60. The van der Waals surface area contributed by atoms with Crippen LogP contribution in [-0.4, -0.2) is 65.2 Å². The monoisotopic (exact) mass is 477 g/mol. The lowest BCUT2D eigenvalue weighted by Gasteiger charge is -2.31. The molecule has 2 aromatic rings. The Balaban J connectivity index is 2.44. The van der Waals surface area contributed by atoms with Crippen molar-refractivity contribution in [2.75, 3.05) is 38.4 Å². The minimum atomic E-state index is -3.86. The van der Waals surface area contributed by atoms with Gasteiger partial charge in [0.05, 0.1) is 26.2 Å². The Bertz CT molecular complexity index is 1090. The number of hydrogen-bond acceptors (Lipinski definition) is 6. The van der Waals surface area contributed by atoms with Crippen LogP contribution in [0.2, 0.25) is 0 Å². The zero-order valence-corrected chi connectivity index (χ0v) is 20.6. The van der Waals surface area contributed by atoms with Gasteiger partial charge in [-0.15, -0.1) is 0 Å². The maximum Gasteiger partial charge on any atom is 0.244 e. The number of carbonyl (C=O) groups is 2. The molecule has 2 rings (SSSR count). The molecule has 0 radical (unpaired) electrons. The maximum atomic E-state index is 13.4. The first-order chi connectivity index (χ1) is 15.5. The molecule has 2 aromatic carbocycles. The highest BCUT2D eigenvalue weighted by molar-refractivity contribution is 7.92. The molecule has 180 valence electrons. The standard InChI is InChI=1S/C23H31N3O6S/c1-16-7-9-18(10-8-16)14-25(17(2)23(28)24-3)22(27)15-26(33(6,29)30)20-12-11-19(31-4)13-21(20)32-5/h7-13,17H,14-15H2,1-6H3,(H,24,28)/t17-/m1/s1. The van der Waals surface area contributed by atoms with Gasteiger partial charge in [0.25, 0.3) is 0 Å². The quantitative estimate of drug-likeness (QED) is 0.561. The molecule has 0 saturated carbocycles. The lowest BCUT2D eigenvalue weighted by Crippen LogP contribution is -2.50. The Morgan fingerprint density at radius 2 is 1.70 bits per heavy atom. The van der Waals surface area contributed by atoms with E-state index >= 15 is 0 Å². The number of benzene rings is 2. The predicted molar refractivity (Wildman–Crippen MR) is 127 cm³/mol. The molecule has 0 unspecified atom stereocenters. The van der Waals surface area contributed by atoms with E-state index < -0.39 is 28.5 Å². The van der Waals surface area contributed by atoms with Gasteiger partial charge in [0.2, 0.25) is 21.8 Å². The van der Waals surface area contributed by atoms with E-state index in [1.807, 2.05) is 31.2 Å². The highest BCUT2D eigenvalue weighted by atomic mass is 32.2. The molecule has 33 heavy (non-hydrogen) atoms. The molecule has 1 atom stereocenters. The van der Waals surface area contributed by atoms with Crippen LogP contribution in [0.4, 0.5) is 5.69 Å². The molecule has 0 aliphatic heterocycles. The maximum absolute atomic E-state index is 13.4. The molecule has 0 heterocycles. The second kappa shape index (κ2) is 11.0. The van der Waals surface area contributed by atoms with Gasteiger partial charge in [0.1, 0.15) is 24.1 Å². The van der Waals surface area contributed by atoms with Crippen molar-refractivity contribution in [3.8, 4) is 11.5 Å². The van der Waals surface area contributed by atoms with Crippen molar-refractivity contribution < 1.29 is 27.5 Å². The molecule has 0 saturated heterocycles. The van der Waals surface area contributed by atoms with Crippen molar-refractivity contribution >= 4 is 27.5 Å². The Morgan fingerprint density at radius 3 is 2.21 bits per heavy atom. The molecule has 2 amide bonds. The van der Waals surface area contributed by atoms with E-state index in [0.717, 1.165) is 21.7 Å². The van der Waals surface area contributed by atoms with Gasteiger partial charge in [-0.05, 0) is 31.5 Å². The SMILES string of the molecule is CNC(=O)[C@@H](C)N(Cc1ccc(C)cc1)C(=O)CN(c1ccc(OC)cc1OC)S(C)(=O)=O. The van der Waals surface area contributed by atoms with Crippen molar-refractivity contribution in [3.63, 3.8) is 0 Å². The number of rotatable bonds is 10.